The van der Waals surface area contributed by atoms with E-state index >= 15 is 0 Å². The minimum Gasteiger partial charge on any atom is -0.349 e. The fourth-order valence-electron chi connectivity index (χ4n) is 4.75. The van der Waals surface area contributed by atoms with Crippen LogP contribution in [0.5, 0.6) is 0 Å². The maximum atomic E-state index is 13.5. The molecule has 4 aromatic rings. The first-order chi connectivity index (χ1) is 16.6. The quantitative estimate of drug-likeness (QED) is 0.412. The van der Waals surface area contributed by atoms with Gasteiger partial charge in [0.1, 0.15) is 0 Å². The molecule has 1 fully saturated rings. The summed E-state index contributed by atoms with van der Waals surface area (Å²) in [4.78, 5) is 20.8. The van der Waals surface area contributed by atoms with Gasteiger partial charge in [0.25, 0.3) is 5.91 Å². The van der Waals surface area contributed by atoms with Crippen molar-refractivity contribution in [2.24, 2.45) is 0 Å². The molecule has 1 saturated heterocycles. The standard InChI is InChI=1S/C30H31N3O/c1-21-12-13-24(18-22(21)2)29-19-27(26-10-6-7-11-28(26)32-29)30(34)31-25-14-16-33(17-15-25)20-23-8-4-3-5-9-23/h3-13,18-19,25H,14-17,20H2,1-2H3,(H,31,34). The van der Waals surface area contributed by atoms with Gasteiger partial charge in [-0.05, 0) is 61.6 Å². The number of amides is 1. The van der Waals surface area contributed by atoms with Gasteiger partial charge < -0.3 is 5.32 Å². The topological polar surface area (TPSA) is 45.2 Å². The molecule has 4 heteroatoms. The third kappa shape index (κ3) is 4.87. The summed E-state index contributed by atoms with van der Waals surface area (Å²) < 4.78 is 0. The molecule has 0 saturated carbocycles. The second-order valence-corrected chi connectivity index (χ2v) is 9.38. The Kier molecular flexibility index (Phi) is 6.41. The Morgan fingerprint density at radius 1 is 0.912 bits per heavy atom. The highest BCUT2D eigenvalue weighted by Crippen LogP contribution is 2.27. The zero-order valence-corrected chi connectivity index (χ0v) is 19.9. The Labute approximate surface area is 201 Å². The minimum atomic E-state index is -0.00908. The molecule has 34 heavy (non-hydrogen) atoms. The molecule has 2 heterocycles. The molecule has 0 spiro atoms. The van der Waals surface area contributed by atoms with Gasteiger partial charge in [-0.2, -0.15) is 0 Å². The molecule has 5 rings (SSSR count). The van der Waals surface area contributed by atoms with Crippen molar-refractivity contribution >= 4 is 16.8 Å². The van der Waals surface area contributed by atoms with E-state index in [2.05, 4.69) is 72.6 Å². The second kappa shape index (κ2) is 9.78. The number of para-hydroxylation sites is 1. The normalized spacial score (nSPS) is 14.9. The van der Waals surface area contributed by atoms with E-state index < -0.39 is 0 Å². The van der Waals surface area contributed by atoms with Crippen LogP contribution in [-0.4, -0.2) is 34.9 Å². The van der Waals surface area contributed by atoms with Crippen LogP contribution in [0.25, 0.3) is 22.2 Å². The van der Waals surface area contributed by atoms with Crippen molar-refractivity contribution in [3.05, 3.63) is 101 Å². The Bertz CT molecular complexity index is 1310. The summed E-state index contributed by atoms with van der Waals surface area (Å²) in [6.07, 6.45) is 1.93. The molecule has 3 aromatic carbocycles. The number of benzene rings is 3. The fraction of sp³-hybridized carbons (Fsp3) is 0.267. The highest BCUT2D eigenvalue weighted by Gasteiger charge is 2.22. The van der Waals surface area contributed by atoms with Gasteiger partial charge in [-0.1, -0.05) is 60.7 Å². The molecule has 0 aliphatic carbocycles. The van der Waals surface area contributed by atoms with Crippen LogP contribution in [0.4, 0.5) is 0 Å². The first-order valence-corrected chi connectivity index (χ1v) is 12.1. The van der Waals surface area contributed by atoms with Gasteiger partial charge in [-0.25, -0.2) is 4.98 Å². The van der Waals surface area contributed by atoms with Gasteiger partial charge in [0.15, 0.2) is 0 Å². The molecule has 1 N–H and O–H groups in total. The van der Waals surface area contributed by atoms with Crippen molar-refractivity contribution < 1.29 is 4.79 Å². The summed E-state index contributed by atoms with van der Waals surface area (Å²) in [5.41, 5.74) is 7.24. The van der Waals surface area contributed by atoms with Crippen molar-refractivity contribution in [3.63, 3.8) is 0 Å². The van der Waals surface area contributed by atoms with Gasteiger partial charge in [0.2, 0.25) is 0 Å². The molecule has 1 amide bonds. The summed E-state index contributed by atoms with van der Waals surface area (Å²) in [6.45, 7) is 7.17. The van der Waals surface area contributed by atoms with E-state index in [0.717, 1.165) is 54.6 Å². The summed E-state index contributed by atoms with van der Waals surface area (Å²) in [7, 11) is 0. The lowest BCUT2D eigenvalue weighted by molar-refractivity contribution is 0.0910. The number of hydrogen-bond donors (Lipinski definition) is 1. The van der Waals surface area contributed by atoms with E-state index in [-0.39, 0.29) is 11.9 Å². The average molecular weight is 450 g/mol. The number of aromatic nitrogens is 1. The Balaban J connectivity index is 1.33. The van der Waals surface area contributed by atoms with Crippen molar-refractivity contribution in [1.82, 2.24) is 15.2 Å². The molecular formula is C30H31N3O. The van der Waals surface area contributed by atoms with Crippen LogP contribution in [0.3, 0.4) is 0 Å². The average Bonchev–Trinajstić information content (AvgIpc) is 2.87. The lowest BCUT2D eigenvalue weighted by Crippen LogP contribution is -2.44. The van der Waals surface area contributed by atoms with Crippen LogP contribution in [0.15, 0.2) is 78.9 Å². The maximum absolute atomic E-state index is 13.5. The molecule has 1 aromatic heterocycles. The van der Waals surface area contributed by atoms with Crippen LogP contribution in [0, 0.1) is 13.8 Å². The second-order valence-electron chi connectivity index (χ2n) is 9.38. The Hall–Kier alpha value is -3.50. The van der Waals surface area contributed by atoms with Crippen LogP contribution in [0.2, 0.25) is 0 Å². The molecule has 172 valence electrons. The molecule has 0 radical (unpaired) electrons. The van der Waals surface area contributed by atoms with Gasteiger partial charge in [-0.15, -0.1) is 0 Å². The molecule has 1 aliphatic rings. The number of carbonyl (C=O) groups excluding carboxylic acids is 1. The number of carbonyl (C=O) groups is 1. The maximum Gasteiger partial charge on any atom is 0.252 e. The number of aryl methyl sites for hydroxylation is 2. The molecular weight excluding hydrogens is 418 g/mol. The number of hydrogen-bond acceptors (Lipinski definition) is 3. The first-order valence-electron chi connectivity index (χ1n) is 12.1. The van der Waals surface area contributed by atoms with E-state index in [9.17, 15) is 4.79 Å². The largest absolute Gasteiger partial charge is 0.349 e. The van der Waals surface area contributed by atoms with Crippen LogP contribution in [-0.2, 0) is 6.54 Å². The van der Waals surface area contributed by atoms with E-state index in [1.165, 1.54) is 16.7 Å². The molecule has 0 atom stereocenters. The third-order valence-electron chi connectivity index (χ3n) is 6.94. The van der Waals surface area contributed by atoms with E-state index in [4.69, 9.17) is 4.98 Å². The van der Waals surface area contributed by atoms with Crippen LogP contribution < -0.4 is 5.32 Å². The van der Waals surface area contributed by atoms with Gasteiger partial charge in [-0.3, -0.25) is 9.69 Å². The number of nitrogens with one attached hydrogen (secondary N) is 1. The van der Waals surface area contributed by atoms with E-state index in [1.54, 1.807) is 0 Å². The smallest absolute Gasteiger partial charge is 0.252 e. The first kappa shape index (κ1) is 22.3. The van der Waals surface area contributed by atoms with Gasteiger partial charge >= 0.3 is 0 Å². The van der Waals surface area contributed by atoms with E-state index in [1.807, 2.05) is 30.3 Å². The number of piperidine rings is 1. The zero-order valence-electron chi connectivity index (χ0n) is 19.9. The number of likely N-dealkylation sites (tertiary alicyclic amines) is 1. The van der Waals surface area contributed by atoms with Crippen molar-refractivity contribution in [2.75, 3.05) is 13.1 Å². The lowest BCUT2D eigenvalue weighted by atomic mass is 9.99. The predicted octanol–water partition coefficient (Wildman–Crippen LogP) is 5.91. The highest BCUT2D eigenvalue weighted by atomic mass is 16.1. The summed E-state index contributed by atoms with van der Waals surface area (Å²) >= 11 is 0. The summed E-state index contributed by atoms with van der Waals surface area (Å²) in [5, 5.41) is 4.21. The van der Waals surface area contributed by atoms with Crippen molar-refractivity contribution in [1.29, 1.82) is 0 Å². The highest BCUT2D eigenvalue weighted by molar-refractivity contribution is 6.07. The molecule has 1 aliphatic heterocycles. The lowest BCUT2D eigenvalue weighted by Gasteiger charge is -2.32. The van der Waals surface area contributed by atoms with Gasteiger partial charge in [0, 0.05) is 36.6 Å². The number of nitrogens with zero attached hydrogens (tertiary/aromatic N) is 2. The Morgan fingerprint density at radius 2 is 1.65 bits per heavy atom. The van der Waals surface area contributed by atoms with Crippen LogP contribution >= 0.6 is 0 Å². The SMILES string of the molecule is Cc1ccc(-c2cc(C(=O)NC3CCN(Cc4ccccc4)CC3)c3ccccc3n2)cc1C. The van der Waals surface area contributed by atoms with Crippen molar-refractivity contribution in [3.8, 4) is 11.3 Å². The third-order valence-corrected chi connectivity index (χ3v) is 6.94. The predicted molar refractivity (Wildman–Crippen MR) is 139 cm³/mol. The Morgan fingerprint density at radius 3 is 2.41 bits per heavy atom. The van der Waals surface area contributed by atoms with Gasteiger partial charge in [0.05, 0.1) is 16.8 Å². The fourth-order valence-corrected chi connectivity index (χ4v) is 4.75. The van der Waals surface area contributed by atoms with E-state index in [0.29, 0.717) is 5.56 Å². The summed E-state index contributed by atoms with van der Waals surface area (Å²) in [5.74, 6) is -0.00908. The molecule has 0 unspecified atom stereocenters. The molecule has 4 nitrogen and oxygen atoms in total. The minimum absolute atomic E-state index is 0.00908. The number of rotatable bonds is 5. The van der Waals surface area contributed by atoms with Crippen LogP contribution in [0.1, 0.15) is 39.9 Å². The zero-order chi connectivity index (χ0) is 23.5. The summed E-state index contributed by atoms with van der Waals surface area (Å²) in [6, 6.07) is 27.0. The number of pyridine rings is 1. The van der Waals surface area contributed by atoms with Crippen molar-refractivity contribution in [2.45, 2.75) is 39.3 Å². The number of fused-ring (bicyclic) bond motifs is 1. The monoisotopic (exact) mass is 449 g/mol. The molecule has 0 bridgehead atoms.